The Balaban J connectivity index is -0.00000151. The number of Topliss-reactive ketones (excluding diaryl/α,β-unsaturated/α-hetero) is 2. The van der Waals surface area contributed by atoms with Gasteiger partial charge in [0, 0.05) is 19.4 Å². The Morgan fingerprint density at radius 1 is 0.511 bits per heavy atom. The number of hydrogen-bond donors (Lipinski definition) is 3. The number of carbonyl (C=O) groups excluding carboxylic acids is 2. The van der Waals surface area contributed by atoms with Crippen molar-refractivity contribution in [2.45, 2.75) is 207 Å². The zero-order chi connectivity index (χ0) is 34.3. The van der Waals surface area contributed by atoms with E-state index in [1.54, 1.807) is 0 Å². The molecule has 0 aliphatic heterocycles. The van der Waals surface area contributed by atoms with E-state index >= 15 is 0 Å². The van der Waals surface area contributed by atoms with Crippen LogP contribution < -0.4 is 5.48 Å². The molecule has 0 aromatic carbocycles. The number of hydrogen-bond acceptors (Lipinski definition) is 7. The number of ketones is 2. The van der Waals surface area contributed by atoms with Crippen LogP contribution >= 0.6 is 0 Å². The summed E-state index contributed by atoms with van der Waals surface area (Å²) in [6, 6.07) is 0. The van der Waals surface area contributed by atoms with Crippen LogP contribution in [0, 0.1) is 0 Å². The van der Waals surface area contributed by atoms with Gasteiger partial charge in [-0.25, -0.2) is 5.48 Å². The predicted molar refractivity (Wildman–Crippen MR) is 189 cm³/mol. The molecule has 3 N–H and O–H groups in total. The highest BCUT2D eigenvalue weighted by Crippen LogP contribution is 2.15. The molecule has 0 heterocycles. The molecule has 0 aromatic rings. The highest BCUT2D eigenvalue weighted by molar-refractivity contribution is 7.80. The monoisotopic (exact) mass is 666 g/mol. The molecule has 0 atom stereocenters. The summed E-state index contributed by atoms with van der Waals surface area (Å²) >= 11 is 0. The minimum Gasteiger partial charge on any atom is -0.317 e. The lowest BCUT2D eigenvalue weighted by Crippen LogP contribution is -2.07. The van der Waals surface area contributed by atoms with Crippen LogP contribution in [0.15, 0.2) is 0 Å². The standard InChI is InChI=1S/C33H64O2.C2H7NO.CH4O4S/c1-3-5-7-9-11-13-15-17-19-21-23-25-27-29-32(34)31-33(35)30-28-26-24-22-20-18-16-14-12-10-8-6-4-2;1-2-3-4;1-5-6(2,3)4/h3-31H2,1-2H3;3-4H,2H2,1H3;1H3,(H,2,3,4). The number of carbonyl (C=O) groups is 2. The van der Waals surface area contributed by atoms with Gasteiger partial charge in [0.2, 0.25) is 0 Å². The van der Waals surface area contributed by atoms with Gasteiger partial charge in [-0.2, -0.15) is 8.42 Å². The minimum atomic E-state index is -4.16. The first kappa shape index (κ1) is 48.5. The maximum Gasteiger partial charge on any atom is 0.397 e. The molecule has 0 radical (unpaired) electrons. The molecule has 0 saturated heterocycles. The average molecular weight is 666 g/mol. The number of unbranched alkanes of at least 4 members (excludes halogenated alkanes) is 24. The van der Waals surface area contributed by atoms with Crippen LogP contribution in [0.2, 0.25) is 0 Å². The topological polar surface area (TPSA) is 130 Å². The van der Waals surface area contributed by atoms with Gasteiger partial charge in [0.05, 0.1) is 13.5 Å². The van der Waals surface area contributed by atoms with Crippen LogP contribution in [-0.4, -0.2) is 43.4 Å². The highest BCUT2D eigenvalue weighted by atomic mass is 32.3. The Labute approximate surface area is 279 Å². The van der Waals surface area contributed by atoms with Crippen molar-refractivity contribution < 1.29 is 31.9 Å². The molecule has 0 spiro atoms. The molecule has 8 nitrogen and oxygen atoms in total. The largest absolute Gasteiger partial charge is 0.397 e. The van der Waals surface area contributed by atoms with Crippen molar-refractivity contribution in [3.63, 3.8) is 0 Å². The lowest BCUT2D eigenvalue weighted by atomic mass is 10.0. The molecule has 0 amide bonds. The summed E-state index contributed by atoms with van der Waals surface area (Å²) in [5, 5.41) is 7.62. The Morgan fingerprint density at radius 3 is 0.889 bits per heavy atom. The van der Waals surface area contributed by atoms with Gasteiger partial charge in [-0.15, -0.1) is 0 Å². The van der Waals surface area contributed by atoms with Crippen molar-refractivity contribution in [1.29, 1.82) is 0 Å². The van der Waals surface area contributed by atoms with Gasteiger partial charge in [-0.3, -0.25) is 18.3 Å². The van der Waals surface area contributed by atoms with Crippen LogP contribution in [-0.2, 0) is 24.2 Å². The summed E-state index contributed by atoms with van der Waals surface area (Å²) in [4.78, 5) is 24.1. The molecule has 0 saturated carbocycles. The third-order valence-electron chi connectivity index (χ3n) is 7.88. The highest BCUT2D eigenvalue weighted by Gasteiger charge is 2.09. The first-order chi connectivity index (χ1) is 21.7. The van der Waals surface area contributed by atoms with Gasteiger partial charge >= 0.3 is 10.4 Å². The molecule has 0 aromatic heterocycles. The Hall–Kier alpha value is -0.870. The third kappa shape index (κ3) is 52.9. The van der Waals surface area contributed by atoms with E-state index in [4.69, 9.17) is 9.76 Å². The molecule has 272 valence electrons. The molecule has 9 heteroatoms. The van der Waals surface area contributed by atoms with E-state index in [-0.39, 0.29) is 18.0 Å². The van der Waals surface area contributed by atoms with Crippen molar-refractivity contribution >= 4 is 22.0 Å². The fraction of sp³-hybridized carbons (Fsp3) is 0.944. The first-order valence-electron chi connectivity index (χ1n) is 18.6. The average Bonchev–Trinajstić information content (AvgIpc) is 3.01. The molecular weight excluding hydrogens is 590 g/mol. The summed E-state index contributed by atoms with van der Waals surface area (Å²) in [5.41, 5.74) is 1.93. The molecule has 45 heavy (non-hydrogen) atoms. The summed E-state index contributed by atoms with van der Waals surface area (Å²) in [6.45, 7) is 6.99. The van der Waals surface area contributed by atoms with Crippen molar-refractivity contribution in [2.75, 3.05) is 13.7 Å². The quantitative estimate of drug-likeness (QED) is 0.0280. The van der Waals surface area contributed by atoms with Gasteiger partial charge in [-0.05, 0) is 12.8 Å². The van der Waals surface area contributed by atoms with E-state index in [2.05, 4.69) is 18.0 Å². The van der Waals surface area contributed by atoms with E-state index in [0.717, 1.165) is 32.8 Å². The summed E-state index contributed by atoms with van der Waals surface area (Å²) in [7, 11) is -3.29. The third-order valence-corrected chi connectivity index (χ3v) is 8.30. The van der Waals surface area contributed by atoms with Crippen molar-refractivity contribution in [3.8, 4) is 0 Å². The Kier molecular flexibility index (Phi) is 44.4. The van der Waals surface area contributed by atoms with Crippen LogP contribution in [0.25, 0.3) is 0 Å². The van der Waals surface area contributed by atoms with Crippen LogP contribution in [0.5, 0.6) is 0 Å². The van der Waals surface area contributed by atoms with Gasteiger partial charge < -0.3 is 5.21 Å². The minimum absolute atomic E-state index is 0.174. The van der Waals surface area contributed by atoms with Crippen LogP contribution in [0.1, 0.15) is 207 Å². The van der Waals surface area contributed by atoms with Gasteiger partial charge in [-0.1, -0.05) is 175 Å². The van der Waals surface area contributed by atoms with E-state index in [1.165, 1.54) is 141 Å². The second-order valence-electron chi connectivity index (χ2n) is 12.3. The maximum atomic E-state index is 12.1. The smallest absolute Gasteiger partial charge is 0.317 e. The van der Waals surface area contributed by atoms with Crippen molar-refractivity contribution in [1.82, 2.24) is 5.48 Å². The summed E-state index contributed by atoms with van der Waals surface area (Å²) < 4.78 is 29.7. The SMILES string of the molecule is CCCCCCCCCCCCCCCC(=O)CC(=O)CCCCCCCCCCCCCCC.CCNO.COS(=O)(=O)O. The van der Waals surface area contributed by atoms with E-state index in [0.29, 0.717) is 19.4 Å². The Morgan fingerprint density at radius 2 is 0.711 bits per heavy atom. The normalized spacial score (nSPS) is 11.0. The van der Waals surface area contributed by atoms with Gasteiger partial charge in [0.25, 0.3) is 0 Å². The summed E-state index contributed by atoms with van der Waals surface area (Å²) in [6.07, 6.45) is 35.8. The van der Waals surface area contributed by atoms with Gasteiger partial charge in [0.1, 0.15) is 11.6 Å². The predicted octanol–water partition coefficient (Wildman–Crippen LogP) is 10.9. The second kappa shape index (κ2) is 41.2. The Bertz CT molecular complexity index is 660. The van der Waals surface area contributed by atoms with E-state index in [1.807, 2.05) is 12.4 Å². The number of rotatable bonds is 32. The fourth-order valence-electron chi connectivity index (χ4n) is 5.08. The van der Waals surface area contributed by atoms with Crippen molar-refractivity contribution in [2.24, 2.45) is 0 Å². The molecule has 0 aliphatic rings. The zero-order valence-corrected chi connectivity index (χ0v) is 30.9. The lowest BCUT2D eigenvalue weighted by Gasteiger charge is -2.04. The second-order valence-corrected chi connectivity index (χ2v) is 13.5. The maximum absolute atomic E-state index is 12.1. The zero-order valence-electron chi connectivity index (χ0n) is 30.1. The number of nitrogens with one attached hydrogen (secondary N) is 1. The van der Waals surface area contributed by atoms with E-state index in [9.17, 15) is 18.0 Å². The molecule has 0 bridgehead atoms. The van der Waals surface area contributed by atoms with Crippen LogP contribution in [0.3, 0.4) is 0 Å². The molecule has 0 rings (SSSR count). The number of hydroxylamine groups is 1. The van der Waals surface area contributed by atoms with Crippen molar-refractivity contribution in [3.05, 3.63) is 0 Å². The van der Waals surface area contributed by atoms with E-state index < -0.39 is 10.4 Å². The first-order valence-corrected chi connectivity index (χ1v) is 20.0. The van der Waals surface area contributed by atoms with Crippen LogP contribution in [0.4, 0.5) is 0 Å². The lowest BCUT2D eigenvalue weighted by molar-refractivity contribution is -0.127. The van der Waals surface area contributed by atoms with Gasteiger partial charge in [0.15, 0.2) is 0 Å². The molecule has 0 aliphatic carbocycles. The molecule has 0 unspecified atom stereocenters. The fourth-order valence-corrected chi connectivity index (χ4v) is 5.08. The summed E-state index contributed by atoms with van der Waals surface area (Å²) in [5.74, 6) is 0.348. The molecule has 0 fully saturated rings. The molecular formula is C36H75NO7S.